The van der Waals surface area contributed by atoms with Crippen LogP contribution in [0.1, 0.15) is 199 Å². The molecule has 2 heterocycles. The summed E-state index contributed by atoms with van der Waals surface area (Å²) in [6.45, 7) is 0. The summed E-state index contributed by atoms with van der Waals surface area (Å²) in [6.07, 6.45) is 48.9. The summed E-state index contributed by atoms with van der Waals surface area (Å²) < 4.78 is 0. The molecule has 11 aliphatic rings. The van der Waals surface area contributed by atoms with E-state index >= 15 is 0 Å². The van der Waals surface area contributed by atoms with E-state index in [0.29, 0.717) is 0 Å². The highest BCUT2D eigenvalue weighted by Gasteiger charge is 2.67. The fraction of sp³-hybridized carbons (Fsp3) is 1.00. The monoisotopic (exact) mass is 746 g/mol. The third kappa shape index (κ3) is 5.81. The van der Waals surface area contributed by atoms with E-state index in [0.717, 1.165) is 104 Å². The molecular formula is C49H79NS2. The summed E-state index contributed by atoms with van der Waals surface area (Å²) >= 11 is 5.23. The zero-order valence-electron chi connectivity index (χ0n) is 33.5. The van der Waals surface area contributed by atoms with Crippen molar-refractivity contribution >= 4 is 23.5 Å². The minimum atomic E-state index is 0.728. The minimum Gasteiger partial charge on any atom is -0.293 e. The Labute approximate surface area is 329 Å². The summed E-state index contributed by atoms with van der Waals surface area (Å²) in [7, 11) is 0. The van der Waals surface area contributed by atoms with Gasteiger partial charge in [0.1, 0.15) is 0 Å². The normalized spacial score (nSPS) is 49.8. The molecule has 0 spiro atoms. The Morgan fingerprint density at radius 2 is 0.962 bits per heavy atom. The molecular weight excluding hydrogens is 667 g/mol. The van der Waals surface area contributed by atoms with Gasteiger partial charge in [0.15, 0.2) is 0 Å². The van der Waals surface area contributed by atoms with Crippen LogP contribution in [-0.2, 0) is 0 Å². The molecule has 11 fully saturated rings. The molecule has 0 N–H and O–H groups in total. The van der Waals surface area contributed by atoms with E-state index < -0.39 is 0 Å². The van der Waals surface area contributed by atoms with Gasteiger partial charge in [-0.3, -0.25) is 4.90 Å². The molecule has 14 unspecified atom stereocenters. The van der Waals surface area contributed by atoms with Crippen LogP contribution in [0.3, 0.4) is 0 Å². The van der Waals surface area contributed by atoms with E-state index in [1.54, 1.807) is 173 Å². The highest BCUT2D eigenvalue weighted by atomic mass is 32.2. The van der Waals surface area contributed by atoms with Gasteiger partial charge in [0.25, 0.3) is 0 Å². The molecule has 3 heteroatoms. The third-order valence-corrected chi connectivity index (χ3v) is 24.1. The van der Waals surface area contributed by atoms with E-state index in [9.17, 15) is 0 Å². The Balaban J connectivity index is 0.934. The molecule has 9 saturated carbocycles. The average Bonchev–Trinajstić information content (AvgIpc) is 3.88. The van der Waals surface area contributed by atoms with Crippen LogP contribution in [0.4, 0.5) is 0 Å². The number of rotatable bonds is 5. The van der Waals surface area contributed by atoms with Gasteiger partial charge in [-0.05, 0) is 174 Å². The molecule has 1 nitrogen and oxygen atoms in total. The first-order valence-electron chi connectivity index (χ1n) is 24.9. The standard InChI is InChI=1S/C49H79NS2/c1-4-15-32(16-5-1)49(33-17-6-2-7-18-33)41-24-12-10-21-36(41)37-28-27-35(31-42(37)49)50(34-19-8-3-9-20-34)43-25-14-23-38-39-29-30-45-46(48(39)52-47(38)43)40-22-11-13-26-44(40)51-45/h32-48H,1-31H2. The minimum absolute atomic E-state index is 0.728. The summed E-state index contributed by atoms with van der Waals surface area (Å²) in [5.41, 5.74) is 0.728. The van der Waals surface area contributed by atoms with Crippen molar-refractivity contribution in [3.8, 4) is 0 Å². The molecule has 52 heavy (non-hydrogen) atoms. The van der Waals surface area contributed by atoms with Crippen LogP contribution in [0, 0.1) is 64.6 Å². The summed E-state index contributed by atoms with van der Waals surface area (Å²) in [6, 6.07) is 2.75. The second-order valence-electron chi connectivity index (χ2n) is 21.9. The average molecular weight is 746 g/mol. The van der Waals surface area contributed by atoms with E-state index in [2.05, 4.69) is 28.4 Å². The van der Waals surface area contributed by atoms with E-state index in [1.165, 1.54) is 25.7 Å². The molecule has 0 radical (unpaired) electrons. The molecule has 292 valence electrons. The third-order valence-electron chi connectivity index (χ3n) is 20.3. The Morgan fingerprint density at radius 3 is 1.73 bits per heavy atom. The zero-order valence-corrected chi connectivity index (χ0v) is 35.1. The molecule has 11 rings (SSSR count). The topological polar surface area (TPSA) is 3.24 Å². The van der Waals surface area contributed by atoms with Gasteiger partial charge < -0.3 is 0 Å². The van der Waals surface area contributed by atoms with Gasteiger partial charge in [-0.1, -0.05) is 89.9 Å². The molecule has 9 aliphatic carbocycles. The van der Waals surface area contributed by atoms with Crippen LogP contribution >= 0.6 is 23.5 Å². The SMILES string of the molecule is C1CCC(N(C2CCC3C4CCCCC4C(C4CCCCC4)(C4CCCCC4)C3C2)C2CCCC3C4CCC5SC6CCCCC6C5C4SC32)CC1. The maximum absolute atomic E-state index is 3.52. The van der Waals surface area contributed by atoms with Crippen molar-refractivity contribution < 1.29 is 0 Å². The van der Waals surface area contributed by atoms with Crippen LogP contribution in [0.2, 0.25) is 0 Å². The molecule has 0 amide bonds. The number of fused-ring (bicyclic) bond motifs is 10. The van der Waals surface area contributed by atoms with Crippen molar-refractivity contribution in [2.75, 3.05) is 0 Å². The van der Waals surface area contributed by atoms with Gasteiger partial charge in [0, 0.05) is 39.1 Å². The first kappa shape index (κ1) is 35.8. The fourth-order valence-electron chi connectivity index (χ4n) is 18.9. The smallest absolute Gasteiger partial charge is 0.0237 e. The number of hydrogen-bond acceptors (Lipinski definition) is 3. The molecule has 0 aromatic rings. The quantitative estimate of drug-likeness (QED) is 0.276. The molecule has 0 aromatic carbocycles. The Hall–Kier alpha value is 0.660. The van der Waals surface area contributed by atoms with E-state index in [1.807, 2.05) is 0 Å². The van der Waals surface area contributed by atoms with Crippen molar-refractivity contribution in [2.24, 2.45) is 64.6 Å². The van der Waals surface area contributed by atoms with Crippen molar-refractivity contribution in [1.82, 2.24) is 4.90 Å². The highest BCUT2D eigenvalue weighted by molar-refractivity contribution is 8.02. The van der Waals surface area contributed by atoms with Crippen LogP contribution in [-0.4, -0.2) is 44.0 Å². The lowest BCUT2D eigenvalue weighted by molar-refractivity contribution is -0.0902. The van der Waals surface area contributed by atoms with Crippen LogP contribution in [0.25, 0.3) is 0 Å². The van der Waals surface area contributed by atoms with Gasteiger partial charge in [-0.15, -0.1) is 0 Å². The number of nitrogens with zero attached hydrogens (tertiary/aromatic N) is 1. The summed E-state index contributed by atoms with van der Waals surface area (Å²) in [4.78, 5) is 3.52. The lowest BCUT2D eigenvalue weighted by atomic mass is 9.48. The van der Waals surface area contributed by atoms with Crippen molar-refractivity contribution in [3.05, 3.63) is 0 Å². The molecule has 2 aliphatic heterocycles. The zero-order chi connectivity index (χ0) is 34.2. The van der Waals surface area contributed by atoms with E-state index in [-0.39, 0.29) is 0 Å². The Morgan fingerprint density at radius 1 is 0.365 bits per heavy atom. The van der Waals surface area contributed by atoms with E-state index in [4.69, 9.17) is 0 Å². The lowest BCUT2D eigenvalue weighted by Gasteiger charge is -2.58. The number of hydrogen-bond donors (Lipinski definition) is 0. The van der Waals surface area contributed by atoms with Crippen LogP contribution in [0.5, 0.6) is 0 Å². The molecule has 14 atom stereocenters. The molecule has 2 saturated heterocycles. The maximum atomic E-state index is 3.52. The van der Waals surface area contributed by atoms with Gasteiger partial charge in [-0.25, -0.2) is 0 Å². The second-order valence-corrected chi connectivity index (χ2v) is 24.8. The first-order valence-corrected chi connectivity index (χ1v) is 26.8. The predicted molar refractivity (Wildman–Crippen MR) is 224 cm³/mol. The van der Waals surface area contributed by atoms with Gasteiger partial charge in [0.2, 0.25) is 0 Å². The van der Waals surface area contributed by atoms with Crippen molar-refractivity contribution in [2.45, 2.75) is 238 Å². The van der Waals surface area contributed by atoms with Crippen LogP contribution < -0.4 is 0 Å². The second kappa shape index (κ2) is 15.1. The first-order chi connectivity index (χ1) is 25.8. The van der Waals surface area contributed by atoms with Gasteiger partial charge >= 0.3 is 0 Å². The largest absolute Gasteiger partial charge is 0.293 e. The predicted octanol–water partition coefficient (Wildman–Crippen LogP) is 13.7. The number of thioether (sulfide) groups is 2. The summed E-state index contributed by atoms with van der Waals surface area (Å²) in [5.74, 6) is 10.9. The van der Waals surface area contributed by atoms with Gasteiger partial charge in [-0.2, -0.15) is 23.5 Å². The molecule has 0 aromatic heterocycles. The molecule has 0 bridgehead atoms. The summed E-state index contributed by atoms with van der Waals surface area (Å²) in [5, 5.41) is 4.08. The Kier molecular flexibility index (Phi) is 10.4. The van der Waals surface area contributed by atoms with Gasteiger partial charge in [0.05, 0.1) is 0 Å². The fourth-order valence-corrected chi connectivity index (χ4v) is 23.6. The lowest BCUT2D eigenvalue weighted by Crippen LogP contribution is -2.58. The maximum Gasteiger partial charge on any atom is 0.0237 e. The Bertz CT molecular complexity index is 1200. The van der Waals surface area contributed by atoms with Crippen molar-refractivity contribution in [3.63, 3.8) is 0 Å². The van der Waals surface area contributed by atoms with Crippen molar-refractivity contribution in [1.29, 1.82) is 0 Å². The highest BCUT2D eigenvalue weighted by Crippen LogP contribution is 2.72. The van der Waals surface area contributed by atoms with Crippen LogP contribution in [0.15, 0.2) is 0 Å².